The van der Waals surface area contributed by atoms with Gasteiger partial charge in [-0.25, -0.2) is 4.98 Å². The zero-order valence-corrected chi connectivity index (χ0v) is 15.5. The van der Waals surface area contributed by atoms with Crippen LogP contribution in [0, 0.1) is 0 Å². The number of anilines is 1. The van der Waals surface area contributed by atoms with Crippen LogP contribution in [0.25, 0.3) is 21.7 Å². The number of nitrogens with one attached hydrogen (secondary N) is 1. The quantitative estimate of drug-likeness (QED) is 0.509. The van der Waals surface area contributed by atoms with E-state index in [1.807, 2.05) is 30.4 Å². The standard InChI is InChI=1S/C22H18N2O2S/c1-5-7-8-14(3)15(4)21-17(6-2)18-11-16(9-10-20(18)27-21)24-22(25)19-12-26-13-23-19/h5-13H,1-4H2,(H,24,25). The number of rotatable bonds is 7. The third-order valence-corrected chi connectivity index (χ3v) is 5.19. The molecule has 27 heavy (non-hydrogen) atoms. The number of aromatic nitrogens is 1. The van der Waals surface area contributed by atoms with Crippen LogP contribution in [0.4, 0.5) is 5.69 Å². The molecule has 4 nitrogen and oxygen atoms in total. The van der Waals surface area contributed by atoms with Crippen molar-refractivity contribution in [1.29, 1.82) is 0 Å². The number of benzene rings is 1. The maximum Gasteiger partial charge on any atom is 0.277 e. The van der Waals surface area contributed by atoms with Crippen LogP contribution in [0.2, 0.25) is 0 Å². The van der Waals surface area contributed by atoms with E-state index in [2.05, 4.69) is 36.6 Å². The molecule has 0 aliphatic carbocycles. The average molecular weight is 374 g/mol. The van der Waals surface area contributed by atoms with Gasteiger partial charge in [0.25, 0.3) is 5.91 Å². The SMILES string of the molecule is C=CC=CC(=C)C(=C)c1sc2ccc(NC(=O)c3cocn3)cc2c1C=C. The highest BCUT2D eigenvalue weighted by molar-refractivity contribution is 7.20. The number of carbonyl (C=O) groups is 1. The summed E-state index contributed by atoms with van der Waals surface area (Å²) in [6.45, 7) is 15.9. The summed E-state index contributed by atoms with van der Waals surface area (Å²) >= 11 is 1.61. The lowest BCUT2D eigenvalue weighted by atomic mass is 10.0. The number of nitrogens with zero attached hydrogens (tertiary/aromatic N) is 1. The lowest BCUT2D eigenvalue weighted by molar-refractivity contribution is 0.102. The normalized spacial score (nSPS) is 10.8. The van der Waals surface area contributed by atoms with Gasteiger partial charge in [-0.05, 0) is 29.3 Å². The molecule has 0 saturated carbocycles. The summed E-state index contributed by atoms with van der Waals surface area (Å²) in [7, 11) is 0. The van der Waals surface area contributed by atoms with E-state index in [1.165, 1.54) is 12.7 Å². The van der Waals surface area contributed by atoms with Crippen molar-refractivity contribution in [2.45, 2.75) is 0 Å². The van der Waals surface area contributed by atoms with Crippen molar-refractivity contribution in [3.63, 3.8) is 0 Å². The van der Waals surface area contributed by atoms with Gasteiger partial charge in [0.2, 0.25) is 0 Å². The number of amides is 1. The van der Waals surface area contributed by atoms with Crippen molar-refractivity contribution in [2.24, 2.45) is 0 Å². The number of oxazole rings is 1. The molecule has 0 unspecified atom stereocenters. The second-order valence-electron chi connectivity index (χ2n) is 5.69. The van der Waals surface area contributed by atoms with Crippen molar-refractivity contribution >= 4 is 44.7 Å². The van der Waals surface area contributed by atoms with Crippen molar-refractivity contribution in [2.75, 3.05) is 5.32 Å². The molecule has 2 aromatic heterocycles. The summed E-state index contributed by atoms with van der Waals surface area (Å²) in [5.41, 5.74) is 3.50. The fourth-order valence-corrected chi connectivity index (χ4v) is 3.76. The third kappa shape index (κ3) is 3.73. The predicted molar refractivity (Wildman–Crippen MR) is 114 cm³/mol. The van der Waals surface area contributed by atoms with Gasteiger partial charge in [0, 0.05) is 26.2 Å². The van der Waals surface area contributed by atoms with Gasteiger partial charge in [-0.1, -0.05) is 50.6 Å². The monoisotopic (exact) mass is 374 g/mol. The first kappa shape index (κ1) is 18.4. The van der Waals surface area contributed by atoms with E-state index >= 15 is 0 Å². The van der Waals surface area contributed by atoms with Crippen LogP contribution in [-0.2, 0) is 0 Å². The maximum absolute atomic E-state index is 12.2. The molecule has 2 heterocycles. The average Bonchev–Trinajstić information content (AvgIpc) is 3.32. The smallest absolute Gasteiger partial charge is 0.277 e. The van der Waals surface area contributed by atoms with Crippen LogP contribution >= 0.6 is 11.3 Å². The first-order chi connectivity index (χ1) is 13.0. The molecule has 0 fully saturated rings. The first-order valence-corrected chi connectivity index (χ1v) is 8.93. The highest BCUT2D eigenvalue weighted by Gasteiger charge is 2.15. The molecule has 0 atom stereocenters. The maximum atomic E-state index is 12.2. The van der Waals surface area contributed by atoms with Crippen molar-refractivity contribution in [1.82, 2.24) is 4.98 Å². The summed E-state index contributed by atoms with van der Waals surface area (Å²) in [5.74, 6) is -0.328. The van der Waals surface area contributed by atoms with Gasteiger partial charge in [0.15, 0.2) is 12.1 Å². The number of hydrogen-bond donors (Lipinski definition) is 1. The van der Waals surface area contributed by atoms with Crippen LogP contribution in [0.5, 0.6) is 0 Å². The highest BCUT2D eigenvalue weighted by Crippen LogP contribution is 2.39. The van der Waals surface area contributed by atoms with E-state index in [9.17, 15) is 4.79 Å². The molecule has 1 aromatic carbocycles. The van der Waals surface area contributed by atoms with E-state index in [4.69, 9.17) is 4.42 Å². The van der Waals surface area contributed by atoms with E-state index < -0.39 is 0 Å². The van der Waals surface area contributed by atoms with Crippen molar-refractivity contribution in [3.05, 3.63) is 97.1 Å². The van der Waals surface area contributed by atoms with Crippen LogP contribution in [-0.4, -0.2) is 10.9 Å². The van der Waals surface area contributed by atoms with Gasteiger partial charge < -0.3 is 9.73 Å². The summed E-state index contributed by atoms with van der Waals surface area (Å²) in [5, 5.41) is 3.81. The number of allylic oxidation sites excluding steroid dienone is 5. The molecule has 0 bridgehead atoms. The largest absolute Gasteiger partial charge is 0.451 e. The minimum Gasteiger partial charge on any atom is -0.451 e. The van der Waals surface area contributed by atoms with Gasteiger partial charge in [-0.2, -0.15) is 0 Å². The molecular formula is C22H18N2O2S. The van der Waals surface area contributed by atoms with E-state index in [0.29, 0.717) is 5.69 Å². The van der Waals surface area contributed by atoms with Crippen LogP contribution in [0.15, 0.2) is 85.4 Å². The molecule has 0 spiro atoms. The fourth-order valence-electron chi connectivity index (χ4n) is 2.57. The number of fused-ring (bicyclic) bond motifs is 1. The van der Waals surface area contributed by atoms with E-state index in [0.717, 1.165) is 31.7 Å². The Morgan fingerprint density at radius 2 is 2.07 bits per heavy atom. The minimum absolute atomic E-state index is 0.226. The Kier molecular flexibility index (Phi) is 5.33. The first-order valence-electron chi connectivity index (χ1n) is 8.11. The summed E-state index contributed by atoms with van der Waals surface area (Å²) < 4.78 is 5.92. The highest BCUT2D eigenvalue weighted by atomic mass is 32.1. The lowest BCUT2D eigenvalue weighted by Gasteiger charge is -2.05. The zero-order chi connectivity index (χ0) is 19.4. The molecule has 0 aliphatic heterocycles. The van der Waals surface area contributed by atoms with Crippen LogP contribution in [0.1, 0.15) is 20.9 Å². The molecular weight excluding hydrogens is 356 g/mol. The fraction of sp³-hybridized carbons (Fsp3) is 0. The summed E-state index contributed by atoms with van der Waals surface area (Å²) in [6.07, 6.45) is 9.72. The van der Waals surface area contributed by atoms with Gasteiger partial charge in [-0.15, -0.1) is 11.3 Å². The minimum atomic E-state index is -0.328. The summed E-state index contributed by atoms with van der Waals surface area (Å²) in [4.78, 5) is 17.0. The zero-order valence-electron chi connectivity index (χ0n) is 14.7. The molecule has 3 rings (SSSR count). The number of carbonyl (C=O) groups excluding carboxylic acids is 1. The van der Waals surface area contributed by atoms with E-state index in [1.54, 1.807) is 23.5 Å². The molecule has 3 aromatic rings. The van der Waals surface area contributed by atoms with Crippen molar-refractivity contribution < 1.29 is 9.21 Å². The lowest BCUT2D eigenvalue weighted by Crippen LogP contribution is -2.11. The molecule has 0 saturated heterocycles. The second-order valence-corrected chi connectivity index (χ2v) is 6.74. The third-order valence-electron chi connectivity index (χ3n) is 3.95. The van der Waals surface area contributed by atoms with Gasteiger partial charge >= 0.3 is 0 Å². The van der Waals surface area contributed by atoms with Gasteiger partial charge in [0.05, 0.1) is 0 Å². The van der Waals surface area contributed by atoms with Crippen molar-refractivity contribution in [3.8, 4) is 0 Å². The second kappa shape index (κ2) is 7.85. The summed E-state index contributed by atoms with van der Waals surface area (Å²) in [6, 6.07) is 5.73. The predicted octanol–water partition coefficient (Wildman–Crippen LogP) is 6.10. The Morgan fingerprint density at radius 3 is 2.74 bits per heavy atom. The Bertz CT molecular complexity index is 1090. The van der Waals surface area contributed by atoms with Crippen LogP contribution < -0.4 is 5.32 Å². The van der Waals surface area contributed by atoms with Gasteiger partial charge in [-0.3, -0.25) is 4.79 Å². The number of thiophene rings is 1. The topological polar surface area (TPSA) is 55.1 Å². The van der Waals surface area contributed by atoms with Gasteiger partial charge in [0.1, 0.15) is 6.26 Å². The molecule has 0 aliphatic rings. The Labute approximate surface area is 161 Å². The molecule has 134 valence electrons. The molecule has 1 amide bonds. The molecule has 0 radical (unpaired) electrons. The van der Waals surface area contributed by atoms with E-state index in [-0.39, 0.29) is 11.6 Å². The van der Waals surface area contributed by atoms with Crippen LogP contribution in [0.3, 0.4) is 0 Å². The molecule has 5 heteroatoms. The Balaban J connectivity index is 1.97. The number of hydrogen-bond acceptors (Lipinski definition) is 4. The Morgan fingerprint density at radius 1 is 1.26 bits per heavy atom. The molecule has 1 N–H and O–H groups in total. The Hall–Kier alpha value is -3.44.